The molecule has 3 rings (SSSR count). The summed E-state index contributed by atoms with van der Waals surface area (Å²) in [6, 6.07) is 21.5. The van der Waals surface area contributed by atoms with Crippen LogP contribution in [-0.4, -0.2) is 25.5 Å². The van der Waals surface area contributed by atoms with Gasteiger partial charge in [0.1, 0.15) is 11.6 Å². The second-order valence-corrected chi connectivity index (χ2v) is 6.18. The second-order valence-electron chi connectivity index (χ2n) is 6.18. The van der Waals surface area contributed by atoms with E-state index in [0.29, 0.717) is 16.9 Å². The topological polar surface area (TPSA) is 52.6 Å². The molecule has 0 aliphatic rings. The SMILES string of the molecule is COc1ccccc1/C=C(/C(=O)OCC(=O)c1cccc(F)c1)c1ccccc1. The second kappa shape index (κ2) is 9.46. The van der Waals surface area contributed by atoms with Crippen LogP contribution < -0.4 is 4.74 Å². The van der Waals surface area contributed by atoms with E-state index in [1.54, 1.807) is 43.5 Å². The number of esters is 1. The van der Waals surface area contributed by atoms with E-state index < -0.39 is 24.2 Å². The molecule has 3 aromatic carbocycles. The normalized spacial score (nSPS) is 11.0. The van der Waals surface area contributed by atoms with Crippen molar-refractivity contribution in [2.75, 3.05) is 13.7 Å². The summed E-state index contributed by atoms with van der Waals surface area (Å²) in [7, 11) is 1.55. The van der Waals surface area contributed by atoms with Gasteiger partial charge < -0.3 is 9.47 Å². The third kappa shape index (κ3) is 5.17. The van der Waals surface area contributed by atoms with Gasteiger partial charge in [0.15, 0.2) is 12.4 Å². The zero-order valence-corrected chi connectivity index (χ0v) is 15.8. The van der Waals surface area contributed by atoms with Crippen LogP contribution in [0.25, 0.3) is 11.6 Å². The number of ether oxygens (including phenoxy) is 2. The number of ketones is 1. The maximum atomic E-state index is 13.3. The van der Waals surface area contributed by atoms with Crippen LogP contribution in [-0.2, 0) is 9.53 Å². The number of rotatable bonds is 7. The molecule has 0 fully saturated rings. The molecular formula is C24H19FO4. The zero-order valence-electron chi connectivity index (χ0n) is 15.8. The molecular weight excluding hydrogens is 371 g/mol. The molecule has 146 valence electrons. The van der Waals surface area contributed by atoms with Gasteiger partial charge in [-0.3, -0.25) is 4.79 Å². The fourth-order valence-corrected chi connectivity index (χ4v) is 2.77. The van der Waals surface area contributed by atoms with E-state index in [4.69, 9.17) is 9.47 Å². The molecule has 5 heteroatoms. The molecule has 29 heavy (non-hydrogen) atoms. The molecule has 0 N–H and O–H groups in total. The summed E-state index contributed by atoms with van der Waals surface area (Å²) < 4.78 is 23.9. The molecule has 0 atom stereocenters. The van der Waals surface area contributed by atoms with E-state index in [-0.39, 0.29) is 11.1 Å². The molecule has 0 saturated carbocycles. The predicted molar refractivity (Wildman–Crippen MR) is 109 cm³/mol. The maximum absolute atomic E-state index is 13.3. The van der Waals surface area contributed by atoms with Gasteiger partial charge >= 0.3 is 5.97 Å². The van der Waals surface area contributed by atoms with Gasteiger partial charge in [0.25, 0.3) is 0 Å². The van der Waals surface area contributed by atoms with Crippen LogP contribution in [0.3, 0.4) is 0 Å². The fourth-order valence-electron chi connectivity index (χ4n) is 2.77. The van der Waals surface area contributed by atoms with Gasteiger partial charge in [-0.1, -0.05) is 60.7 Å². The van der Waals surface area contributed by atoms with Crippen molar-refractivity contribution in [2.24, 2.45) is 0 Å². The summed E-state index contributed by atoms with van der Waals surface area (Å²) in [6.45, 7) is -0.488. The monoisotopic (exact) mass is 390 g/mol. The average molecular weight is 390 g/mol. The fraction of sp³-hybridized carbons (Fsp3) is 0.0833. The van der Waals surface area contributed by atoms with Gasteiger partial charge in [0, 0.05) is 11.1 Å². The third-order valence-corrected chi connectivity index (χ3v) is 4.22. The Balaban J connectivity index is 1.85. The van der Waals surface area contributed by atoms with Crippen LogP contribution >= 0.6 is 0 Å². The molecule has 0 aliphatic heterocycles. The highest BCUT2D eigenvalue weighted by Crippen LogP contribution is 2.25. The van der Waals surface area contributed by atoms with E-state index in [2.05, 4.69) is 0 Å². The summed E-state index contributed by atoms with van der Waals surface area (Å²) >= 11 is 0. The number of benzene rings is 3. The molecule has 0 radical (unpaired) electrons. The number of Topliss-reactive ketones (excluding diaryl/α,β-unsaturated/α-hetero) is 1. The average Bonchev–Trinajstić information content (AvgIpc) is 2.76. The summed E-state index contributed by atoms with van der Waals surface area (Å²) in [5, 5.41) is 0. The molecule has 4 nitrogen and oxygen atoms in total. The summed E-state index contributed by atoms with van der Waals surface area (Å²) in [6.07, 6.45) is 1.66. The molecule has 0 unspecified atom stereocenters. The molecule has 0 aliphatic carbocycles. The molecule has 0 amide bonds. The first-order valence-corrected chi connectivity index (χ1v) is 8.94. The molecule has 0 spiro atoms. The minimum absolute atomic E-state index is 0.146. The summed E-state index contributed by atoms with van der Waals surface area (Å²) in [5.74, 6) is -1.07. The van der Waals surface area contributed by atoms with Crippen LogP contribution in [0.15, 0.2) is 78.9 Å². The van der Waals surface area contributed by atoms with Gasteiger partial charge in [-0.05, 0) is 29.8 Å². The van der Waals surface area contributed by atoms with Crippen LogP contribution in [0, 0.1) is 5.82 Å². The predicted octanol–water partition coefficient (Wildman–Crippen LogP) is 4.80. The standard InChI is InChI=1S/C24H19FO4/c1-28-23-13-6-5-10-19(23)15-21(17-8-3-2-4-9-17)24(27)29-16-22(26)18-11-7-12-20(25)14-18/h2-15H,16H2,1H3/b21-15+. The van der Waals surface area contributed by atoms with Crippen molar-refractivity contribution in [1.29, 1.82) is 0 Å². The number of halogens is 1. The van der Waals surface area contributed by atoms with Crippen LogP contribution in [0.2, 0.25) is 0 Å². The Labute approximate surface area is 168 Å². The van der Waals surface area contributed by atoms with Crippen molar-refractivity contribution in [2.45, 2.75) is 0 Å². The Bertz CT molecular complexity index is 1040. The Morgan fingerprint density at radius 1 is 0.897 bits per heavy atom. The molecule has 0 bridgehead atoms. The van der Waals surface area contributed by atoms with E-state index in [0.717, 1.165) is 6.07 Å². The quantitative estimate of drug-likeness (QED) is 0.252. The summed E-state index contributed by atoms with van der Waals surface area (Å²) in [4.78, 5) is 25.0. The molecule has 0 saturated heterocycles. The van der Waals surface area contributed by atoms with E-state index in [1.165, 1.54) is 18.2 Å². The maximum Gasteiger partial charge on any atom is 0.339 e. The van der Waals surface area contributed by atoms with Crippen molar-refractivity contribution in [1.82, 2.24) is 0 Å². The highest BCUT2D eigenvalue weighted by Gasteiger charge is 2.17. The van der Waals surface area contributed by atoms with Gasteiger partial charge in [0.05, 0.1) is 12.7 Å². The lowest BCUT2D eigenvalue weighted by molar-refractivity contribution is -0.135. The van der Waals surface area contributed by atoms with Crippen LogP contribution in [0.1, 0.15) is 21.5 Å². The summed E-state index contributed by atoms with van der Waals surface area (Å²) in [5.41, 5.74) is 1.76. The van der Waals surface area contributed by atoms with Crippen molar-refractivity contribution in [3.63, 3.8) is 0 Å². The van der Waals surface area contributed by atoms with Crippen molar-refractivity contribution >= 4 is 23.4 Å². The number of hydrogen-bond donors (Lipinski definition) is 0. The lowest BCUT2D eigenvalue weighted by Gasteiger charge is -2.10. The number of para-hydroxylation sites is 1. The third-order valence-electron chi connectivity index (χ3n) is 4.22. The Morgan fingerprint density at radius 3 is 2.31 bits per heavy atom. The Morgan fingerprint density at radius 2 is 1.59 bits per heavy atom. The van der Waals surface area contributed by atoms with Crippen molar-refractivity contribution in [3.05, 3.63) is 101 Å². The lowest BCUT2D eigenvalue weighted by Crippen LogP contribution is -2.15. The minimum Gasteiger partial charge on any atom is -0.496 e. The van der Waals surface area contributed by atoms with Gasteiger partial charge in [0.2, 0.25) is 0 Å². The van der Waals surface area contributed by atoms with E-state index in [9.17, 15) is 14.0 Å². The minimum atomic E-state index is -0.660. The molecule has 3 aromatic rings. The first kappa shape index (κ1) is 20.0. The highest BCUT2D eigenvalue weighted by atomic mass is 19.1. The number of hydrogen-bond acceptors (Lipinski definition) is 4. The van der Waals surface area contributed by atoms with Gasteiger partial charge in [-0.25, -0.2) is 9.18 Å². The largest absolute Gasteiger partial charge is 0.496 e. The number of methoxy groups -OCH3 is 1. The van der Waals surface area contributed by atoms with Crippen LogP contribution in [0.5, 0.6) is 5.75 Å². The molecule has 0 aromatic heterocycles. The van der Waals surface area contributed by atoms with Crippen LogP contribution in [0.4, 0.5) is 4.39 Å². The van der Waals surface area contributed by atoms with Crippen molar-refractivity contribution in [3.8, 4) is 5.75 Å². The van der Waals surface area contributed by atoms with Crippen molar-refractivity contribution < 1.29 is 23.5 Å². The number of carbonyl (C=O) groups excluding carboxylic acids is 2. The lowest BCUT2D eigenvalue weighted by atomic mass is 10.0. The van der Waals surface area contributed by atoms with Gasteiger partial charge in [-0.15, -0.1) is 0 Å². The Hall–Kier alpha value is -3.73. The van der Waals surface area contributed by atoms with E-state index >= 15 is 0 Å². The highest BCUT2D eigenvalue weighted by molar-refractivity contribution is 6.22. The van der Waals surface area contributed by atoms with E-state index in [1.807, 2.05) is 24.3 Å². The first-order valence-electron chi connectivity index (χ1n) is 8.94. The number of carbonyl (C=O) groups is 2. The molecule has 0 heterocycles. The smallest absolute Gasteiger partial charge is 0.339 e. The zero-order chi connectivity index (χ0) is 20.6. The Kier molecular flexibility index (Phi) is 6.53. The first-order chi connectivity index (χ1) is 14.1. The van der Waals surface area contributed by atoms with Gasteiger partial charge in [-0.2, -0.15) is 0 Å².